The first kappa shape index (κ1) is 22.6. The van der Waals surface area contributed by atoms with Gasteiger partial charge >= 0.3 is 0 Å². The first-order chi connectivity index (χ1) is 20.1. The molecule has 4 aromatic heterocycles. The molecule has 0 spiro atoms. The molecule has 0 fully saturated rings. The topological polar surface area (TPSA) is 35.6 Å². The Morgan fingerprint density at radius 3 is 1.34 bits per heavy atom. The molecule has 41 heavy (non-hydrogen) atoms. The summed E-state index contributed by atoms with van der Waals surface area (Å²) in [5.41, 5.74) is 9.89. The summed E-state index contributed by atoms with van der Waals surface area (Å²) in [5, 5.41) is 5.00. The van der Waals surface area contributed by atoms with E-state index in [1.54, 1.807) is 0 Å². The normalized spacial score (nSPS) is 13.8. The van der Waals surface area contributed by atoms with Gasteiger partial charge in [-0.2, -0.15) is 0 Å². The van der Waals surface area contributed by atoms with Crippen molar-refractivity contribution in [1.82, 2.24) is 19.1 Å². The predicted octanol–water partition coefficient (Wildman–Crippen LogP) is 8.98. The van der Waals surface area contributed by atoms with Crippen LogP contribution in [0, 0.1) is 0 Å². The highest BCUT2D eigenvalue weighted by Crippen LogP contribution is 2.53. The zero-order chi connectivity index (χ0) is 27.3. The molecule has 0 amide bonds. The lowest BCUT2D eigenvalue weighted by Crippen LogP contribution is -2.15. The summed E-state index contributed by atoms with van der Waals surface area (Å²) < 4.78 is 4.62. The van der Waals surface area contributed by atoms with Gasteiger partial charge < -0.3 is 0 Å². The van der Waals surface area contributed by atoms with Crippen molar-refractivity contribution in [2.75, 3.05) is 0 Å². The Labute approximate surface area is 237 Å². The van der Waals surface area contributed by atoms with Crippen molar-refractivity contribution in [3.8, 4) is 22.8 Å². The van der Waals surface area contributed by atoms with E-state index < -0.39 is 0 Å². The van der Waals surface area contributed by atoms with Crippen LogP contribution in [-0.2, 0) is 5.41 Å². The van der Waals surface area contributed by atoms with Gasteiger partial charge in [-0.05, 0) is 82.9 Å². The molecule has 0 saturated heterocycles. The van der Waals surface area contributed by atoms with E-state index >= 15 is 0 Å². The number of nitrogens with zero attached hydrogens (tertiary/aromatic N) is 4. The molecule has 4 aromatic carbocycles. The maximum absolute atomic E-state index is 4.74. The number of fused-ring (bicyclic) bond motifs is 9. The quantitative estimate of drug-likeness (QED) is 0.225. The molecule has 0 saturated carbocycles. The van der Waals surface area contributed by atoms with Crippen molar-refractivity contribution in [3.63, 3.8) is 0 Å². The Balaban J connectivity index is 1.39. The van der Waals surface area contributed by atoms with Crippen LogP contribution in [0.5, 0.6) is 0 Å². The molecule has 0 unspecified atom stereocenters. The van der Waals surface area contributed by atoms with Crippen LogP contribution in [0.25, 0.3) is 66.4 Å². The molecule has 0 N–H and O–H groups in total. The van der Waals surface area contributed by atoms with Crippen molar-refractivity contribution in [3.05, 3.63) is 133 Å². The lowest BCUT2D eigenvalue weighted by molar-refractivity contribution is 0.661. The molecule has 194 valence electrons. The van der Waals surface area contributed by atoms with E-state index in [0.29, 0.717) is 0 Å². The van der Waals surface area contributed by atoms with E-state index in [1.807, 2.05) is 24.5 Å². The summed E-state index contributed by atoms with van der Waals surface area (Å²) in [5.74, 6) is 1.88. The number of rotatable bonds is 2. The number of benzene rings is 4. The van der Waals surface area contributed by atoms with Crippen LogP contribution in [0.1, 0.15) is 25.0 Å². The fourth-order valence-corrected chi connectivity index (χ4v) is 7.12. The zero-order valence-electron chi connectivity index (χ0n) is 22.8. The van der Waals surface area contributed by atoms with Gasteiger partial charge in [0.05, 0.1) is 22.1 Å². The largest absolute Gasteiger partial charge is 0.294 e. The Bertz CT molecular complexity index is 2160. The van der Waals surface area contributed by atoms with Crippen LogP contribution in [0.3, 0.4) is 0 Å². The van der Waals surface area contributed by atoms with Crippen molar-refractivity contribution in [2.45, 2.75) is 19.3 Å². The van der Waals surface area contributed by atoms with Crippen molar-refractivity contribution in [1.29, 1.82) is 0 Å². The molecule has 0 atom stereocenters. The molecule has 8 aromatic rings. The minimum Gasteiger partial charge on any atom is -0.294 e. The standard InChI is InChI=1S/C37H26N4/c1-37(2)29-21-33-27(23-11-3-5-13-31(23)40(33)35-15-7-9-17-38-35)19-25(29)26-20-28-24-12-4-6-14-32(24)41(34(28)22-30(26)37)36-16-8-10-18-39-36/h3-22H,1-2H3. The second-order valence-electron chi connectivity index (χ2n) is 11.5. The van der Waals surface area contributed by atoms with Gasteiger partial charge in [0.1, 0.15) is 11.6 Å². The summed E-state index contributed by atoms with van der Waals surface area (Å²) in [7, 11) is 0. The van der Waals surface area contributed by atoms with Gasteiger partial charge in [0.2, 0.25) is 0 Å². The first-order valence-electron chi connectivity index (χ1n) is 14.1. The third-order valence-corrected chi connectivity index (χ3v) is 9.02. The highest BCUT2D eigenvalue weighted by Gasteiger charge is 2.37. The number of aromatic nitrogens is 4. The van der Waals surface area contributed by atoms with E-state index in [4.69, 9.17) is 9.97 Å². The third kappa shape index (κ3) is 2.94. The van der Waals surface area contributed by atoms with Crippen LogP contribution in [0.2, 0.25) is 0 Å². The molecular formula is C37H26N4. The Kier molecular flexibility index (Phi) is 4.36. The van der Waals surface area contributed by atoms with Gasteiger partial charge in [-0.1, -0.05) is 62.4 Å². The Morgan fingerprint density at radius 2 is 0.902 bits per heavy atom. The van der Waals surface area contributed by atoms with Crippen LogP contribution >= 0.6 is 0 Å². The molecule has 0 aliphatic heterocycles. The highest BCUT2D eigenvalue weighted by atomic mass is 15.1. The second-order valence-corrected chi connectivity index (χ2v) is 11.5. The summed E-state index contributed by atoms with van der Waals surface area (Å²) in [6.45, 7) is 4.72. The number of hydrogen-bond acceptors (Lipinski definition) is 2. The number of pyridine rings is 2. The van der Waals surface area contributed by atoms with E-state index in [-0.39, 0.29) is 5.41 Å². The molecule has 4 heteroatoms. The fraction of sp³-hybridized carbons (Fsp3) is 0.0811. The molecule has 1 aliphatic carbocycles. The predicted molar refractivity (Wildman–Crippen MR) is 168 cm³/mol. The van der Waals surface area contributed by atoms with Gasteiger partial charge in [-0.15, -0.1) is 0 Å². The summed E-state index contributed by atoms with van der Waals surface area (Å²) in [6, 6.07) is 39.3. The molecule has 4 nitrogen and oxygen atoms in total. The molecule has 0 radical (unpaired) electrons. The summed E-state index contributed by atoms with van der Waals surface area (Å²) in [4.78, 5) is 9.49. The van der Waals surface area contributed by atoms with Crippen LogP contribution in [-0.4, -0.2) is 19.1 Å². The van der Waals surface area contributed by atoms with Gasteiger partial charge in [-0.25, -0.2) is 9.97 Å². The zero-order valence-corrected chi connectivity index (χ0v) is 22.8. The number of hydrogen-bond donors (Lipinski definition) is 0. The summed E-state index contributed by atoms with van der Waals surface area (Å²) in [6.07, 6.45) is 3.74. The summed E-state index contributed by atoms with van der Waals surface area (Å²) >= 11 is 0. The average molecular weight is 527 g/mol. The lowest BCUT2D eigenvalue weighted by Gasteiger charge is -2.22. The minimum absolute atomic E-state index is 0.177. The van der Waals surface area contributed by atoms with Crippen LogP contribution in [0.15, 0.2) is 122 Å². The second kappa shape index (κ2) is 7.92. The fourth-order valence-electron chi connectivity index (χ4n) is 7.12. The molecule has 9 rings (SSSR count). The van der Waals surface area contributed by atoms with Gasteiger partial charge in [0.15, 0.2) is 0 Å². The minimum atomic E-state index is -0.177. The molecular weight excluding hydrogens is 500 g/mol. The van der Waals surface area contributed by atoms with Crippen molar-refractivity contribution in [2.24, 2.45) is 0 Å². The van der Waals surface area contributed by atoms with E-state index in [0.717, 1.165) is 11.6 Å². The monoisotopic (exact) mass is 526 g/mol. The SMILES string of the molecule is CC1(C)c2cc3c(cc2-c2cc4c5ccccc5n(-c5ccccn5)c4cc21)c1ccccc1n3-c1ccccn1. The first-order valence-corrected chi connectivity index (χ1v) is 14.1. The van der Waals surface area contributed by atoms with E-state index in [9.17, 15) is 0 Å². The molecule has 0 bridgehead atoms. The van der Waals surface area contributed by atoms with E-state index in [2.05, 4.69) is 120 Å². The highest BCUT2D eigenvalue weighted by molar-refractivity contribution is 6.14. The number of para-hydroxylation sites is 2. The maximum atomic E-state index is 4.74. The van der Waals surface area contributed by atoms with Crippen LogP contribution < -0.4 is 0 Å². The lowest BCUT2D eigenvalue weighted by atomic mass is 9.82. The van der Waals surface area contributed by atoms with Gasteiger partial charge in [-0.3, -0.25) is 9.13 Å². The third-order valence-electron chi connectivity index (χ3n) is 9.02. The van der Waals surface area contributed by atoms with Crippen molar-refractivity contribution < 1.29 is 0 Å². The van der Waals surface area contributed by atoms with E-state index in [1.165, 1.54) is 65.9 Å². The Hall–Kier alpha value is -5.22. The van der Waals surface area contributed by atoms with Gasteiger partial charge in [0.25, 0.3) is 0 Å². The van der Waals surface area contributed by atoms with Crippen LogP contribution in [0.4, 0.5) is 0 Å². The Morgan fingerprint density at radius 1 is 0.463 bits per heavy atom. The average Bonchev–Trinajstić information content (AvgIpc) is 3.59. The molecule has 4 heterocycles. The maximum Gasteiger partial charge on any atom is 0.137 e. The smallest absolute Gasteiger partial charge is 0.137 e. The van der Waals surface area contributed by atoms with Crippen molar-refractivity contribution >= 4 is 43.6 Å². The molecule has 1 aliphatic rings. The van der Waals surface area contributed by atoms with Gasteiger partial charge in [0, 0.05) is 39.4 Å².